The second-order valence-corrected chi connectivity index (χ2v) is 4.35. The van der Waals surface area contributed by atoms with Crippen molar-refractivity contribution in [2.45, 2.75) is 6.92 Å². The fourth-order valence-corrected chi connectivity index (χ4v) is 1.82. The molecule has 2 aromatic rings. The Labute approximate surface area is 103 Å². The Kier molecular flexibility index (Phi) is 3.03. The fraction of sp³-hybridized carbons (Fsp3) is 0.0833. The molecule has 0 aliphatic heterocycles. The average Bonchev–Trinajstić information content (AvgIpc) is 2.22. The molecule has 0 fully saturated rings. The Balaban J connectivity index is 2.62. The van der Waals surface area contributed by atoms with Gasteiger partial charge in [0.15, 0.2) is 0 Å². The summed E-state index contributed by atoms with van der Waals surface area (Å²) in [6.45, 7) is 1.86. The van der Waals surface area contributed by atoms with Gasteiger partial charge in [0, 0.05) is 16.8 Å². The van der Waals surface area contributed by atoms with Crippen molar-refractivity contribution in [3.8, 4) is 17.0 Å². The first-order valence-corrected chi connectivity index (χ1v) is 5.44. The van der Waals surface area contributed by atoms with Gasteiger partial charge in [0.2, 0.25) is 0 Å². The molecule has 1 aromatic carbocycles. The number of nitrogens with zero attached hydrogens (tertiary/aromatic N) is 1. The van der Waals surface area contributed by atoms with Crippen LogP contribution in [0.1, 0.15) is 5.56 Å². The van der Waals surface area contributed by atoms with Crippen molar-refractivity contribution in [1.29, 1.82) is 0 Å². The van der Waals surface area contributed by atoms with E-state index in [9.17, 15) is 5.11 Å². The van der Waals surface area contributed by atoms with Crippen LogP contribution in [0, 0.1) is 6.92 Å². The maximum atomic E-state index is 9.80. The number of rotatable bonds is 1. The zero-order valence-electron chi connectivity index (χ0n) is 8.54. The predicted octanol–water partition coefficient (Wildman–Crippen LogP) is 4.07. The number of hydrogen-bond donors (Lipinski definition) is 1. The van der Waals surface area contributed by atoms with Crippen LogP contribution in [0.4, 0.5) is 0 Å². The number of aromatic nitrogens is 1. The minimum atomic E-state index is 0.101. The largest absolute Gasteiger partial charge is 0.506 e. The molecule has 1 aromatic heterocycles. The number of benzene rings is 1. The van der Waals surface area contributed by atoms with Crippen molar-refractivity contribution in [3.05, 3.63) is 46.1 Å². The molecule has 16 heavy (non-hydrogen) atoms. The first-order chi connectivity index (χ1) is 7.58. The van der Waals surface area contributed by atoms with E-state index in [4.69, 9.17) is 23.2 Å². The lowest BCUT2D eigenvalue weighted by atomic mass is 10.1. The molecule has 0 unspecified atom stereocenters. The van der Waals surface area contributed by atoms with Gasteiger partial charge in [-0.15, -0.1) is 0 Å². The van der Waals surface area contributed by atoms with Crippen molar-refractivity contribution in [2.75, 3.05) is 0 Å². The summed E-state index contributed by atoms with van der Waals surface area (Å²) in [5.74, 6) is 0.101. The van der Waals surface area contributed by atoms with Crippen LogP contribution in [0.25, 0.3) is 11.3 Å². The fourth-order valence-electron chi connectivity index (χ4n) is 1.44. The standard InChI is InChI=1S/C12H9Cl2NO/c1-7-4-11(16)12(15-6-7)9-5-8(13)2-3-10(9)14/h2-6,16H,1H3. The van der Waals surface area contributed by atoms with Crippen LogP contribution in [-0.2, 0) is 0 Å². The van der Waals surface area contributed by atoms with Crippen LogP contribution in [0.2, 0.25) is 10.0 Å². The molecule has 0 aliphatic rings. The van der Waals surface area contributed by atoms with E-state index in [2.05, 4.69) is 4.98 Å². The molecule has 4 heteroatoms. The topological polar surface area (TPSA) is 33.1 Å². The van der Waals surface area contributed by atoms with Crippen molar-refractivity contribution in [3.63, 3.8) is 0 Å². The highest BCUT2D eigenvalue weighted by molar-refractivity contribution is 6.35. The maximum Gasteiger partial charge on any atom is 0.142 e. The van der Waals surface area contributed by atoms with Gasteiger partial charge >= 0.3 is 0 Å². The van der Waals surface area contributed by atoms with Gasteiger partial charge < -0.3 is 5.11 Å². The first-order valence-electron chi connectivity index (χ1n) is 4.69. The van der Waals surface area contributed by atoms with Gasteiger partial charge in [-0.2, -0.15) is 0 Å². The van der Waals surface area contributed by atoms with Crippen LogP contribution < -0.4 is 0 Å². The summed E-state index contributed by atoms with van der Waals surface area (Å²) in [7, 11) is 0. The molecule has 0 bridgehead atoms. The van der Waals surface area contributed by atoms with Crippen molar-refractivity contribution in [2.24, 2.45) is 0 Å². The Bertz CT molecular complexity index is 541. The van der Waals surface area contributed by atoms with Crippen LogP contribution >= 0.6 is 23.2 Å². The summed E-state index contributed by atoms with van der Waals surface area (Å²) in [6, 6.07) is 6.69. The van der Waals surface area contributed by atoms with Crippen LogP contribution in [-0.4, -0.2) is 10.1 Å². The summed E-state index contributed by atoms with van der Waals surface area (Å²) in [5.41, 5.74) is 1.96. The number of aromatic hydroxyl groups is 1. The third-order valence-corrected chi connectivity index (χ3v) is 2.75. The van der Waals surface area contributed by atoms with Gasteiger partial charge in [0.25, 0.3) is 0 Å². The van der Waals surface area contributed by atoms with Gasteiger partial charge in [-0.05, 0) is 36.8 Å². The molecule has 1 N–H and O–H groups in total. The summed E-state index contributed by atoms with van der Waals surface area (Å²) in [5, 5.41) is 10.9. The third kappa shape index (κ3) is 2.13. The zero-order valence-corrected chi connectivity index (χ0v) is 10.0. The van der Waals surface area contributed by atoms with E-state index in [0.29, 0.717) is 21.3 Å². The summed E-state index contributed by atoms with van der Waals surface area (Å²) >= 11 is 11.9. The Hall–Kier alpha value is -1.25. The Morgan fingerprint density at radius 3 is 2.62 bits per heavy atom. The molecular weight excluding hydrogens is 245 g/mol. The zero-order chi connectivity index (χ0) is 11.7. The van der Waals surface area contributed by atoms with Gasteiger partial charge in [0.05, 0.1) is 5.02 Å². The van der Waals surface area contributed by atoms with Gasteiger partial charge in [0.1, 0.15) is 11.4 Å². The summed E-state index contributed by atoms with van der Waals surface area (Å²) in [6.07, 6.45) is 1.67. The number of hydrogen-bond acceptors (Lipinski definition) is 2. The van der Waals surface area contributed by atoms with E-state index in [1.807, 2.05) is 6.92 Å². The minimum absolute atomic E-state index is 0.101. The summed E-state index contributed by atoms with van der Waals surface area (Å²) < 4.78 is 0. The average molecular weight is 254 g/mol. The molecule has 82 valence electrons. The van der Waals surface area contributed by atoms with Crippen molar-refractivity contribution in [1.82, 2.24) is 4.98 Å². The van der Waals surface area contributed by atoms with Gasteiger partial charge in [-0.3, -0.25) is 4.98 Å². The molecule has 0 amide bonds. The number of halogens is 2. The van der Waals surface area contributed by atoms with Gasteiger partial charge in [-0.25, -0.2) is 0 Å². The van der Waals surface area contributed by atoms with Gasteiger partial charge in [-0.1, -0.05) is 23.2 Å². The van der Waals surface area contributed by atoms with Crippen molar-refractivity contribution < 1.29 is 5.11 Å². The molecule has 1 heterocycles. The molecule has 2 rings (SSSR count). The van der Waals surface area contributed by atoms with E-state index >= 15 is 0 Å². The lowest BCUT2D eigenvalue weighted by molar-refractivity contribution is 0.474. The highest BCUT2D eigenvalue weighted by Crippen LogP contribution is 2.34. The minimum Gasteiger partial charge on any atom is -0.506 e. The number of aryl methyl sites for hydroxylation is 1. The molecule has 0 radical (unpaired) electrons. The van der Waals surface area contributed by atoms with Crippen LogP contribution in [0.15, 0.2) is 30.5 Å². The van der Waals surface area contributed by atoms with E-state index in [1.165, 1.54) is 0 Å². The van der Waals surface area contributed by atoms with E-state index in [-0.39, 0.29) is 5.75 Å². The Morgan fingerprint density at radius 2 is 1.94 bits per heavy atom. The van der Waals surface area contributed by atoms with E-state index < -0.39 is 0 Å². The third-order valence-electron chi connectivity index (χ3n) is 2.19. The smallest absolute Gasteiger partial charge is 0.142 e. The van der Waals surface area contributed by atoms with Crippen molar-refractivity contribution >= 4 is 23.2 Å². The second-order valence-electron chi connectivity index (χ2n) is 3.50. The number of pyridine rings is 1. The normalized spacial score (nSPS) is 10.4. The molecule has 0 atom stereocenters. The second kappa shape index (κ2) is 4.32. The quantitative estimate of drug-likeness (QED) is 0.832. The molecular formula is C12H9Cl2NO. The van der Waals surface area contributed by atoms with E-state index in [1.54, 1.807) is 30.5 Å². The highest BCUT2D eigenvalue weighted by Gasteiger charge is 2.10. The Morgan fingerprint density at radius 1 is 1.19 bits per heavy atom. The lowest BCUT2D eigenvalue weighted by Gasteiger charge is -2.07. The SMILES string of the molecule is Cc1cnc(-c2cc(Cl)ccc2Cl)c(O)c1. The molecule has 0 saturated heterocycles. The van der Waals surface area contributed by atoms with Crippen LogP contribution in [0.3, 0.4) is 0 Å². The monoisotopic (exact) mass is 253 g/mol. The molecule has 2 nitrogen and oxygen atoms in total. The summed E-state index contributed by atoms with van der Waals surface area (Å²) in [4.78, 5) is 4.16. The lowest BCUT2D eigenvalue weighted by Crippen LogP contribution is -1.87. The predicted molar refractivity (Wildman–Crippen MR) is 66.1 cm³/mol. The maximum absolute atomic E-state index is 9.80. The molecule has 0 spiro atoms. The molecule has 0 aliphatic carbocycles. The van der Waals surface area contributed by atoms with E-state index in [0.717, 1.165) is 5.56 Å². The van der Waals surface area contributed by atoms with Crippen LogP contribution in [0.5, 0.6) is 5.75 Å². The highest BCUT2D eigenvalue weighted by atomic mass is 35.5. The molecule has 0 saturated carbocycles. The first kappa shape index (κ1) is 11.2.